The van der Waals surface area contributed by atoms with E-state index in [2.05, 4.69) is 15.2 Å². The number of nitrogens with two attached hydrogens (primary N) is 1. The molecule has 0 bridgehead atoms. The summed E-state index contributed by atoms with van der Waals surface area (Å²) in [6.45, 7) is 1.41. The lowest BCUT2D eigenvalue weighted by atomic mass is 10.2. The first-order valence-corrected chi connectivity index (χ1v) is 6.09. The Labute approximate surface area is 113 Å². The van der Waals surface area contributed by atoms with Gasteiger partial charge in [-0.2, -0.15) is 5.10 Å². The number of aromatic amines is 1. The first-order chi connectivity index (χ1) is 9.56. The van der Waals surface area contributed by atoms with E-state index in [0.29, 0.717) is 37.2 Å². The van der Waals surface area contributed by atoms with Gasteiger partial charge >= 0.3 is 6.09 Å². The van der Waals surface area contributed by atoms with Crippen molar-refractivity contribution in [3.05, 3.63) is 11.9 Å². The SMILES string of the molecule is Nc1[nH]nc2nc(N3CCN(C(=O)O)CC3)c(F)cc12. The average molecular weight is 280 g/mol. The number of fused-ring (bicyclic) bond motifs is 1. The maximum absolute atomic E-state index is 14.1. The predicted octanol–water partition coefficient (Wildman–Crippen LogP) is 0.479. The van der Waals surface area contributed by atoms with Gasteiger partial charge < -0.3 is 20.6 Å². The van der Waals surface area contributed by atoms with Crippen LogP contribution in [0.2, 0.25) is 0 Å². The van der Waals surface area contributed by atoms with E-state index in [1.165, 1.54) is 11.0 Å². The molecule has 8 nitrogen and oxygen atoms in total. The molecule has 1 fully saturated rings. The number of amides is 1. The number of carbonyl (C=O) groups is 1. The minimum absolute atomic E-state index is 0.175. The number of anilines is 2. The number of nitrogens with one attached hydrogen (secondary N) is 1. The van der Waals surface area contributed by atoms with Gasteiger partial charge in [0, 0.05) is 26.2 Å². The van der Waals surface area contributed by atoms with Crippen LogP contribution in [0.15, 0.2) is 6.07 Å². The van der Waals surface area contributed by atoms with Crippen molar-refractivity contribution in [2.24, 2.45) is 0 Å². The largest absolute Gasteiger partial charge is 0.465 e. The molecule has 4 N–H and O–H groups in total. The molecule has 1 saturated heterocycles. The molecular weight excluding hydrogens is 267 g/mol. The Morgan fingerprint density at radius 3 is 2.75 bits per heavy atom. The van der Waals surface area contributed by atoms with E-state index < -0.39 is 11.9 Å². The number of hydrogen-bond donors (Lipinski definition) is 3. The van der Waals surface area contributed by atoms with Crippen molar-refractivity contribution in [1.82, 2.24) is 20.1 Å². The fourth-order valence-corrected chi connectivity index (χ4v) is 2.26. The van der Waals surface area contributed by atoms with Gasteiger partial charge in [-0.15, -0.1) is 0 Å². The van der Waals surface area contributed by atoms with E-state index in [9.17, 15) is 9.18 Å². The van der Waals surface area contributed by atoms with E-state index in [1.807, 2.05) is 0 Å². The van der Waals surface area contributed by atoms with E-state index >= 15 is 0 Å². The fraction of sp³-hybridized carbons (Fsp3) is 0.364. The lowest BCUT2D eigenvalue weighted by Crippen LogP contribution is -2.48. The third-order valence-electron chi connectivity index (χ3n) is 3.36. The highest BCUT2D eigenvalue weighted by Gasteiger charge is 2.24. The van der Waals surface area contributed by atoms with Crippen molar-refractivity contribution in [2.75, 3.05) is 36.8 Å². The summed E-state index contributed by atoms with van der Waals surface area (Å²) in [6, 6.07) is 1.29. The molecule has 2 aromatic rings. The molecule has 0 radical (unpaired) electrons. The summed E-state index contributed by atoms with van der Waals surface area (Å²) in [5.41, 5.74) is 5.96. The Balaban J connectivity index is 1.87. The van der Waals surface area contributed by atoms with Gasteiger partial charge in [-0.3, -0.25) is 5.10 Å². The number of halogens is 1. The van der Waals surface area contributed by atoms with Crippen LogP contribution in [0.3, 0.4) is 0 Å². The van der Waals surface area contributed by atoms with Crippen LogP contribution in [0.5, 0.6) is 0 Å². The molecule has 0 spiro atoms. The van der Waals surface area contributed by atoms with Gasteiger partial charge in [0.1, 0.15) is 5.82 Å². The van der Waals surface area contributed by atoms with Crippen LogP contribution in [0.25, 0.3) is 11.0 Å². The highest BCUT2D eigenvalue weighted by atomic mass is 19.1. The summed E-state index contributed by atoms with van der Waals surface area (Å²) < 4.78 is 14.1. The minimum atomic E-state index is -0.964. The number of carboxylic acid groups (broad SMARTS) is 1. The van der Waals surface area contributed by atoms with Crippen molar-refractivity contribution < 1.29 is 14.3 Å². The van der Waals surface area contributed by atoms with Crippen LogP contribution >= 0.6 is 0 Å². The molecule has 0 unspecified atom stereocenters. The molecule has 1 amide bonds. The number of piperazine rings is 1. The zero-order valence-corrected chi connectivity index (χ0v) is 10.5. The van der Waals surface area contributed by atoms with E-state index in [-0.39, 0.29) is 11.6 Å². The van der Waals surface area contributed by atoms with Gasteiger partial charge in [-0.05, 0) is 6.07 Å². The number of pyridine rings is 1. The molecular formula is C11H13FN6O2. The molecule has 106 valence electrons. The number of H-pyrrole nitrogens is 1. The number of nitrogen functional groups attached to an aromatic ring is 1. The molecule has 2 aromatic heterocycles. The lowest BCUT2D eigenvalue weighted by molar-refractivity contribution is 0.142. The number of aromatic nitrogens is 3. The molecule has 1 aliphatic rings. The normalized spacial score (nSPS) is 15.8. The summed E-state index contributed by atoms with van der Waals surface area (Å²) in [4.78, 5) is 18.0. The van der Waals surface area contributed by atoms with Gasteiger partial charge in [-0.25, -0.2) is 14.2 Å². The third kappa shape index (κ3) is 1.96. The summed E-state index contributed by atoms with van der Waals surface area (Å²) in [5.74, 6) is -0.0444. The van der Waals surface area contributed by atoms with Crippen molar-refractivity contribution in [1.29, 1.82) is 0 Å². The smallest absolute Gasteiger partial charge is 0.407 e. The number of hydrogen-bond acceptors (Lipinski definition) is 5. The Morgan fingerprint density at radius 2 is 2.10 bits per heavy atom. The second kappa shape index (κ2) is 4.51. The zero-order valence-electron chi connectivity index (χ0n) is 10.5. The first kappa shape index (κ1) is 12.5. The topological polar surface area (TPSA) is 111 Å². The van der Waals surface area contributed by atoms with Crippen molar-refractivity contribution >= 4 is 28.8 Å². The highest BCUT2D eigenvalue weighted by Crippen LogP contribution is 2.24. The quantitative estimate of drug-likeness (QED) is 0.700. The summed E-state index contributed by atoms with van der Waals surface area (Å²) in [6.07, 6.45) is -0.964. The number of nitrogens with zero attached hydrogens (tertiary/aromatic N) is 4. The summed E-state index contributed by atoms with van der Waals surface area (Å²) in [5, 5.41) is 15.8. The molecule has 20 heavy (non-hydrogen) atoms. The van der Waals surface area contributed by atoms with Crippen LogP contribution < -0.4 is 10.6 Å². The van der Waals surface area contributed by atoms with Crippen molar-refractivity contribution in [2.45, 2.75) is 0 Å². The van der Waals surface area contributed by atoms with Crippen LogP contribution in [0.1, 0.15) is 0 Å². The molecule has 0 aliphatic carbocycles. The fourth-order valence-electron chi connectivity index (χ4n) is 2.26. The van der Waals surface area contributed by atoms with E-state index in [0.717, 1.165) is 0 Å². The molecule has 9 heteroatoms. The maximum Gasteiger partial charge on any atom is 0.407 e. The lowest BCUT2D eigenvalue weighted by Gasteiger charge is -2.33. The number of rotatable bonds is 1. The second-order valence-electron chi connectivity index (χ2n) is 4.56. The molecule has 0 aromatic carbocycles. The zero-order chi connectivity index (χ0) is 14.3. The predicted molar refractivity (Wildman–Crippen MR) is 70.1 cm³/mol. The monoisotopic (exact) mass is 280 g/mol. The Hall–Kier alpha value is -2.58. The Kier molecular flexibility index (Phi) is 2.81. The highest BCUT2D eigenvalue weighted by molar-refractivity contribution is 5.87. The van der Waals surface area contributed by atoms with Crippen molar-refractivity contribution in [3.63, 3.8) is 0 Å². The van der Waals surface area contributed by atoms with Gasteiger partial charge in [0.25, 0.3) is 0 Å². The van der Waals surface area contributed by atoms with Crippen LogP contribution in [0.4, 0.5) is 20.8 Å². The van der Waals surface area contributed by atoms with Gasteiger partial charge in [0.05, 0.1) is 5.39 Å². The molecule has 3 heterocycles. The molecule has 3 rings (SSSR count). The minimum Gasteiger partial charge on any atom is -0.465 e. The average Bonchev–Trinajstić information content (AvgIpc) is 2.79. The third-order valence-corrected chi connectivity index (χ3v) is 3.36. The summed E-state index contributed by atoms with van der Waals surface area (Å²) in [7, 11) is 0. The van der Waals surface area contributed by atoms with Crippen LogP contribution in [-0.4, -0.2) is 57.5 Å². The van der Waals surface area contributed by atoms with Gasteiger partial charge in [-0.1, -0.05) is 0 Å². The molecule has 0 saturated carbocycles. The van der Waals surface area contributed by atoms with Gasteiger partial charge in [0.2, 0.25) is 0 Å². The Bertz CT molecular complexity index is 664. The molecule has 0 atom stereocenters. The van der Waals surface area contributed by atoms with Crippen molar-refractivity contribution in [3.8, 4) is 0 Å². The van der Waals surface area contributed by atoms with Crippen LogP contribution in [0, 0.1) is 5.82 Å². The maximum atomic E-state index is 14.1. The van der Waals surface area contributed by atoms with Gasteiger partial charge in [0.15, 0.2) is 17.3 Å². The summed E-state index contributed by atoms with van der Waals surface area (Å²) >= 11 is 0. The van der Waals surface area contributed by atoms with E-state index in [4.69, 9.17) is 10.8 Å². The first-order valence-electron chi connectivity index (χ1n) is 6.09. The standard InChI is InChI=1S/C11H13FN6O2/c12-7-5-6-8(13)15-16-9(6)14-10(7)17-1-3-18(4-2-17)11(19)20/h5H,1-4H2,(H,19,20)(H3,13,14,15,16). The van der Waals surface area contributed by atoms with E-state index in [1.54, 1.807) is 4.90 Å². The van der Waals surface area contributed by atoms with Crippen LogP contribution in [-0.2, 0) is 0 Å². The Morgan fingerprint density at radius 1 is 1.40 bits per heavy atom. The second-order valence-corrected chi connectivity index (χ2v) is 4.56. The molecule has 1 aliphatic heterocycles.